The molecule has 0 atom stereocenters. The van der Waals surface area contributed by atoms with E-state index in [2.05, 4.69) is 7.28 Å². The molecule has 0 spiro atoms. The van der Waals surface area contributed by atoms with Crippen molar-refractivity contribution in [2.24, 2.45) is 11.8 Å². The summed E-state index contributed by atoms with van der Waals surface area (Å²) in [6.07, 6.45) is 20.4. The Morgan fingerprint density at radius 2 is 1.14 bits per heavy atom. The standard InChI is InChI=1S/C19H33B2/c20-17-10-6-15(7-11-17)14-16-8-12-19(13-9-16)21-18-4-2-1-3-5-18/h15-19H,1-14H2. The van der Waals surface area contributed by atoms with Crippen LogP contribution in [0.2, 0.25) is 17.5 Å². The van der Waals surface area contributed by atoms with Gasteiger partial charge in [0.05, 0.1) is 7.85 Å². The molecule has 3 rings (SSSR count). The van der Waals surface area contributed by atoms with Crippen molar-refractivity contribution in [1.82, 2.24) is 0 Å². The van der Waals surface area contributed by atoms with Crippen LogP contribution in [0.3, 0.4) is 0 Å². The van der Waals surface area contributed by atoms with Crippen LogP contribution in [0.15, 0.2) is 0 Å². The summed E-state index contributed by atoms with van der Waals surface area (Å²) in [5.41, 5.74) is 0. The Bertz CT molecular complexity index is 282. The lowest BCUT2D eigenvalue weighted by atomic mass is 9.48. The van der Waals surface area contributed by atoms with Crippen molar-refractivity contribution in [3.63, 3.8) is 0 Å². The summed E-state index contributed by atoms with van der Waals surface area (Å²) in [4.78, 5) is 0. The van der Waals surface area contributed by atoms with E-state index in [1.54, 1.807) is 0 Å². The highest BCUT2D eigenvalue weighted by Gasteiger charge is 2.28. The highest BCUT2D eigenvalue weighted by atomic mass is 14.3. The van der Waals surface area contributed by atoms with Crippen LogP contribution in [0.4, 0.5) is 0 Å². The van der Waals surface area contributed by atoms with Crippen molar-refractivity contribution in [3.8, 4) is 0 Å². The van der Waals surface area contributed by atoms with Gasteiger partial charge in [0, 0.05) is 0 Å². The van der Waals surface area contributed by atoms with Crippen molar-refractivity contribution in [3.05, 3.63) is 0 Å². The molecule has 0 bridgehead atoms. The zero-order valence-corrected chi connectivity index (χ0v) is 13.9. The van der Waals surface area contributed by atoms with E-state index in [0.29, 0.717) is 5.82 Å². The second kappa shape index (κ2) is 8.11. The molecule has 0 aromatic carbocycles. The first-order valence-electron chi connectivity index (χ1n) is 9.90. The smallest absolute Gasteiger partial charge is 0.0774 e. The first kappa shape index (κ1) is 16.0. The van der Waals surface area contributed by atoms with Gasteiger partial charge in [-0.2, -0.15) is 0 Å². The van der Waals surface area contributed by atoms with Crippen molar-refractivity contribution in [2.45, 2.75) is 107 Å². The van der Waals surface area contributed by atoms with Crippen LogP contribution in [-0.4, -0.2) is 15.1 Å². The third-order valence-corrected chi connectivity index (χ3v) is 6.64. The van der Waals surface area contributed by atoms with Gasteiger partial charge in [-0.15, -0.1) is 0 Å². The summed E-state index contributed by atoms with van der Waals surface area (Å²) < 4.78 is 0. The SMILES string of the molecule is [B]C1CCC(CC2CCC([B]C3CCCCC3)CC2)CC1. The molecule has 0 unspecified atom stereocenters. The molecular weight excluding hydrogens is 250 g/mol. The molecule has 0 aliphatic heterocycles. The van der Waals surface area contributed by atoms with Gasteiger partial charge in [-0.25, -0.2) is 0 Å². The zero-order valence-electron chi connectivity index (χ0n) is 13.9. The minimum atomic E-state index is 0.516. The Hall–Kier alpha value is 0.130. The fourth-order valence-electron chi connectivity index (χ4n) is 5.22. The van der Waals surface area contributed by atoms with E-state index in [1.807, 2.05) is 0 Å². The minimum Gasteiger partial charge on any atom is -0.0774 e. The quantitative estimate of drug-likeness (QED) is 0.558. The Kier molecular flexibility index (Phi) is 6.18. The number of hydrogen-bond donors (Lipinski definition) is 0. The molecule has 3 aliphatic rings. The molecule has 0 amide bonds. The summed E-state index contributed by atoms with van der Waals surface area (Å²) >= 11 is 0. The first-order chi connectivity index (χ1) is 10.3. The predicted molar refractivity (Wildman–Crippen MR) is 94.4 cm³/mol. The third-order valence-electron chi connectivity index (χ3n) is 6.64. The van der Waals surface area contributed by atoms with Gasteiger partial charge in [0.15, 0.2) is 0 Å². The number of rotatable bonds is 4. The van der Waals surface area contributed by atoms with Crippen molar-refractivity contribution in [1.29, 1.82) is 0 Å². The monoisotopic (exact) mass is 283 g/mol. The predicted octanol–water partition coefficient (Wildman–Crippen LogP) is 5.96. The minimum absolute atomic E-state index is 0.516. The highest BCUT2D eigenvalue weighted by molar-refractivity contribution is 6.39. The molecule has 0 aromatic rings. The van der Waals surface area contributed by atoms with Crippen LogP contribution in [-0.2, 0) is 0 Å². The fourth-order valence-corrected chi connectivity index (χ4v) is 5.22. The van der Waals surface area contributed by atoms with Crippen LogP contribution in [0, 0.1) is 11.8 Å². The Balaban J connectivity index is 1.33. The second-order valence-corrected chi connectivity index (χ2v) is 8.39. The second-order valence-electron chi connectivity index (χ2n) is 8.39. The van der Waals surface area contributed by atoms with E-state index in [1.165, 1.54) is 89.9 Å². The highest BCUT2D eigenvalue weighted by Crippen LogP contribution is 2.42. The molecule has 0 saturated heterocycles. The summed E-state index contributed by atoms with van der Waals surface area (Å²) in [6, 6.07) is 0. The maximum Gasteiger partial charge on any atom is 0.117 e. The normalized spacial score (nSPS) is 39.0. The van der Waals surface area contributed by atoms with Crippen LogP contribution < -0.4 is 0 Å². The van der Waals surface area contributed by atoms with Gasteiger partial charge in [-0.3, -0.25) is 0 Å². The Morgan fingerprint density at radius 3 is 1.76 bits per heavy atom. The summed E-state index contributed by atoms with van der Waals surface area (Å²) in [7, 11) is 8.81. The maximum atomic E-state index is 6.03. The topological polar surface area (TPSA) is 0 Å². The van der Waals surface area contributed by atoms with Crippen molar-refractivity contribution in [2.75, 3.05) is 0 Å². The first-order valence-corrected chi connectivity index (χ1v) is 9.90. The molecule has 3 radical (unpaired) electrons. The lowest BCUT2D eigenvalue weighted by Gasteiger charge is -2.35. The molecule has 0 aromatic heterocycles. The van der Waals surface area contributed by atoms with E-state index in [-0.39, 0.29) is 0 Å². The van der Waals surface area contributed by atoms with E-state index < -0.39 is 0 Å². The van der Waals surface area contributed by atoms with E-state index in [0.717, 1.165) is 23.5 Å². The molecule has 2 heteroatoms. The van der Waals surface area contributed by atoms with Crippen LogP contribution in [0.5, 0.6) is 0 Å². The van der Waals surface area contributed by atoms with E-state index >= 15 is 0 Å². The lowest BCUT2D eigenvalue weighted by molar-refractivity contribution is 0.244. The lowest BCUT2D eigenvalue weighted by Crippen LogP contribution is -2.22. The largest absolute Gasteiger partial charge is 0.117 e. The van der Waals surface area contributed by atoms with Crippen LogP contribution >= 0.6 is 0 Å². The maximum absolute atomic E-state index is 6.03. The molecular formula is C19H33B2. The van der Waals surface area contributed by atoms with Crippen LogP contribution in [0.1, 0.15) is 89.9 Å². The molecule has 3 aliphatic carbocycles. The number of hydrogen-bond acceptors (Lipinski definition) is 0. The van der Waals surface area contributed by atoms with Gasteiger partial charge in [0.2, 0.25) is 0 Å². The van der Waals surface area contributed by atoms with E-state index in [4.69, 9.17) is 7.85 Å². The average molecular weight is 283 g/mol. The Morgan fingerprint density at radius 1 is 0.619 bits per heavy atom. The van der Waals surface area contributed by atoms with Gasteiger partial charge in [0.25, 0.3) is 0 Å². The average Bonchev–Trinajstić information content (AvgIpc) is 2.53. The summed E-state index contributed by atoms with van der Waals surface area (Å²) in [5, 5.41) is 0. The van der Waals surface area contributed by atoms with Gasteiger partial charge >= 0.3 is 0 Å². The Labute approximate surface area is 134 Å². The van der Waals surface area contributed by atoms with Gasteiger partial charge in [0.1, 0.15) is 7.28 Å². The molecule has 21 heavy (non-hydrogen) atoms. The van der Waals surface area contributed by atoms with Gasteiger partial charge < -0.3 is 0 Å². The molecule has 3 saturated carbocycles. The fraction of sp³-hybridized carbons (Fsp3) is 1.00. The van der Waals surface area contributed by atoms with Crippen LogP contribution in [0.25, 0.3) is 0 Å². The molecule has 0 heterocycles. The van der Waals surface area contributed by atoms with Crippen molar-refractivity contribution < 1.29 is 0 Å². The molecule has 0 nitrogen and oxygen atoms in total. The zero-order chi connectivity index (χ0) is 14.5. The summed E-state index contributed by atoms with van der Waals surface area (Å²) in [5.74, 6) is 4.50. The molecule has 115 valence electrons. The summed E-state index contributed by atoms with van der Waals surface area (Å²) in [6.45, 7) is 0. The third kappa shape index (κ3) is 5.07. The van der Waals surface area contributed by atoms with Gasteiger partial charge in [-0.05, 0) is 18.3 Å². The molecule has 3 fully saturated rings. The van der Waals surface area contributed by atoms with E-state index in [9.17, 15) is 0 Å². The van der Waals surface area contributed by atoms with Gasteiger partial charge in [-0.1, -0.05) is 101 Å². The molecule has 0 N–H and O–H groups in total. The van der Waals surface area contributed by atoms with Crippen molar-refractivity contribution >= 4 is 15.1 Å².